The highest BCUT2D eigenvalue weighted by atomic mass is 16.3. The molecule has 2 amide bonds. The molecule has 7 heteroatoms. The summed E-state index contributed by atoms with van der Waals surface area (Å²) >= 11 is 0. The zero-order valence-electron chi connectivity index (χ0n) is 15.0. The lowest BCUT2D eigenvalue weighted by atomic mass is 10.2. The normalized spacial score (nSPS) is 16.5. The first-order chi connectivity index (χ1) is 13.1. The van der Waals surface area contributed by atoms with Gasteiger partial charge in [0.2, 0.25) is 5.91 Å². The van der Waals surface area contributed by atoms with E-state index < -0.39 is 6.04 Å². The van der Waals surface area contributed by atoms with Crippen molar-refractivity contribution < 1.29 is 14.0 Å². The summed E-state index contributed by atoms with van der Waals surface area (Å²) in [5, 5.41) is 2.91. The number of anilines is 1. The Hall–Kier alpha value is -3.35. The molecule has 1 aliphatic heterocycles. The van der Waals surface area contributed by atoms with Crippen molar-refractivity contribution in [3.05, 3.63) is 66.6 Å². The van der Waals surface area contributed by atoms with Crippen LogP contribution in [0, 0.1) is 6.92 Å². The van der Waals surface area contributed by atoms with Crippen molar-refractivity contribution in [2.75, 3.05) is 11.9 Å². The van der Waals surface area contributed by atoms with Crippen LogP contribution in [0.4, 0.5) is 5.69 Å². The van der Waals surface area contributed by atoms with E-state index in [1.807, 2.05) is 42.0 Å². The van der Waals surface area contributed by atoms with Crippen LogP contribution in [0.2, 0.25) is 0 Å². The van der Waals surface area contributed by atoms with Crippen molar-refractivity contribution in [3.8, 4) is 5.69 Å². The molecule has 2 aromatic heterocycles. The Kier molecular flexibility index (Phi) is 4.50. The summed E-state index contributed by atoms with van der Waals surface area (Å²) in [5.74, 6) is 0.724. The largest absolute Gasteiger partial charge is 0.459 e. The number of benzene rings is 1. The molecule has 0 aliphatic carbocycles. The van der Waals surface area contributed by atoms with Gasteiger partial charge in [-0.25, -0.2) is 4.98 Å². The standard InChI is InChI=1S/C20H20N4O3/c1-14-21-10-12-23(14)16-8-6-15(7-9-16)22-19(25)17-4-2-11-24(17)20(26)18-5-3-13-27-18/h3,5-10,12-13,17H,2,4,11H2,1H3,(H,22,25)/t17-/m1/s1. The lowest BCUT2D eigenvalue weighted by Crippen LogP contribution is -2.43. The van der Waals surface area contributed by atoms with Gasteiger partial charge in [0.25, 0.3) is 5.91 Å². The average molecular weight is 364 g/mol. The van der Waals surface area contributed by atoms with Crippen LogP contribution in [0.1, 0.15) is 29.2 Å². The SMILES string of the molecule is Cc1nccn1-c1ccc(NC(=O)[C@H]2CCCN2C(=O)c2ccco2)cc1. The Bertz CT molecular complexity index is 944. The minimum absolute atomic E-state index is 0.182. The first kappa shape index (κ1) is 17.1. The number of carbonyl (C=O) groups excluding carboxylic acids is 2. The Labute approximate surface area is 156 Å². The van der Waals surface area contributed by atoms with Gasteiger partial charge in [-0.2, -0.15) is 0 Å². The summed E-state index contributed by atoms with van der Waals surface area (Å²) in [4.78, 5) is 31.0. The number of aromatic nitrogens is 2. The molecule has 1 aromatic carbocycles. The predicted molar refractivity (Wildman–Crippen MR) is 99.7 cm³/mol. The van der Waals surface area contributed by atoms with E-state index in [1.54, 1.807) is 23.2 Å². The van der Waals surface area contributed by atoms with Crippen LogP contribution in [-0.4, -0.2) is 38.9 Å². The number of hydrogen-bond donors (Lipinski definition) is 1. The summed E-state index contributed by atoms with van der Waals surface area (Å²) in [6, 6.07) is 10.3. The Morgan fingerprint density at radius 2 is 2.04 bits per heavy atom. The fourth-order valence-electron chi connectivity index (χ4n) is 3.41. The van der Waals surface area contributed by atoms with E-state index in [2.05, 4.69) is 10.3 Å². The number of likely N-dealkylation sites (tertiary alicyclic amines) is 1. The first-order valence-corrected chi connectivity index (χ1v) is 8.89. The van der Waals surface area contributed by atoms with E-state index >= 15 is 0 Å². The summed E-state index contributed by atoms with van der Waals surface area (Å²) in [6.45, 7) is 2.48. The van der Waals surface area contributed by atoms with E-state index in [0.29, 0.717) is 18.7 Å². The smallest absolute Gasteiger partial charge is 0.290 e. The number of aryl methyl sites for hydroxylation is 1. The van der Waals surface area contributed by atoms with Crippen molar-refractivity contribution in [3.63, 3.8) is 0 Å². The second-order valence-corrected chi connectivity index (χ2v) is 6.51. The number of nitrogens with zero attached hydrogens (tertiary/aromatic N) is 3. The number of furan rings is 1. The van der Waals surface area contributed by atoms with Gasteiger partial charge in [-0.15, -0.1) is 0 Å². The molecular weight excluding hydrogens is 344 g/mol. The molecule has 0 spiro atoms. The van der Waals surface area contributed by atoms with E-state index in [1.165, 1.54) is 6.26 Å². The molecule has 1 saturated heterocycles. The minimum atomic E-state index is -0.488. The highest BCUT2D eigenvalue weighted by molar-refractivity contribution is 6.00. The molecule has 1 aliphatic rings. The molecule has 1 fully saturated rings. The number of nitrogens with one attached hydrogen (secondary N) is 1. The van der Waals surface area contributed by atoms with Gasteiger partial charge < -0.3 is 19.2 Å². The van der Waals surface area contributed by atoms with Crippen molar-refractivity contribution >= 4 is 17.5 Å². The molecule has 0 unspecified atom stereocenters. The van der Waals surface area contributed by atoms with Crippen LogP contribution in [0.5, 0.6) is 0 Å². The molecule has 4 rings (SSSR count). The molecule has 138 valence electrons. The topological polar surface area (TPSA) is 80.4 Å². The number of hydrogen-bond acceptors (Lipinski definition) is 4. The van der Waals surface area contributed by atoms with Gasteiger partial charge in [0.1, 0.15) is 11.9 Å². The average Bonchev–Trinajstić information content (AvgIpc) is 3.43. The van der Waals surface area contributed by atoms with E-state index in [-0.39, 0.29) is 17.6 Å². The summed E-state index contributed by atoms with van der Waals surface area (Å²) in [7, 11) is 0. The highest BCUT2D eigenvalue weighted by Gasteiger charge is 2.35. The second-order valence-electron chi connectivity index (χ2n) is 6.51. The molecule has 1 atom stereocenters. The van der Waals surface area contributed by atoms with Crippen molar-refractivity contribution in [1.29, 1.82) is 0 Å². The predicted octanol–water partition coefficient (Wildman–Crippen LogP) is 3.02. The molecule has 0 bridgehead atoms. The van der Waals surface area contributed by atoms with Crippen LogP contribution < -0.4 is 5.32 Å². The maximum atomic E-state index is 12.7. The summed E-state index contributed by atoms with van der Waals surface area (Å²) in [5.41, 5.74) is 1.66. The van der Waals surface area contributed by atoms with E-state index in [4.69, 9.17) is 4.42 Å². The highest BCUT2D eigenvalue weighted by Crippen LogP contribution is 2.22. The number of imidazole rings is 1. The second kappa shape index (κ2) is 7.11. The van der Waals surface area contributed by atoms with Gasteiger partial charge in [-0.3, -0.25) is 9.59 Å². The maximum Gasteiger partial charge on any atom is 0.290 e. The number of rotatable bonds is 4. The quantitative estimate of drug-likeness (QED) is 0.772. The van der Waals surface area contributed by atoms with Crippen molar-refractivity contribution in [2.24, 2.45) is 0 Å². The zero-order valence-corrected chi connectivity index (χ0v) is 15.0. The molecule has 7 nitrogen and oxygen atoms in total. The molecule has 3 heterocycles. The number of carbonyl (C=O) groups is 2. The molecular formula is C20H20N4O3. The lowest BCUT2D eigenvalue weighted by Gasteiger charge is -2.23. The van der Waals surface area contributed by atoms with Crippen molar-refractivity contribution in [2.45, 2.75) is 25.8 Å². The van der Waals surface area contributed by atoms with Crippen LogP contribution in [0.15, 0.2) is 59.5 Å². The third-order valence-electron chi connectivity index (χ3n) is 4.79. The van der Waals surface area contributed by atoms with Gasteiger partial charge in [0, 0.05) is 30.3 Å². The maximum absolute atomic E-state index is 12.7. The lowest BCUT2D eigenvalue weighted by molar-refractivity contribution is -0.119. The van der Waals surface area contributed by atoms with Gasteiger partial charge in [0.05, 0.1) is 6.26 Å². The van der Waals surface area contributed by atoms with Crippen molar-refractivity contribution in [1.82, 2.24) is 14.5 Å². The van der Waals surface area contributed by atoms with Gasteiger partial charge in [-0.05, 0) is 56.2 Å². The molecule has 27 heavy (non-hydrogen) atoms. The zero-order chi connectivity index (χ0) is 18.8. The third-order valence-corrected chi connectivity index (χ3v) is 4.79. The third kappa shape index (κ3) is 3.36. The Morgan fingerprint density at radius 3 is 2.70 bits per heavy atom. The first-order valence-electron chi connectivity index (χ1n) is 8.89. The van der Waals surface area contributed by atoms with Gasteiger partial charge >= 0.3 is 0 Å². The van der Waals surface area contributed by atoms with E-state index in [0.717, 1.165) is 17.9 Å². The molecule has 0 radical (unpaired) electrons. The summed E-state index contributed by atoms with van der Waals surface area (Å²) < 4.78 is 7.15. The summed E-state index contributed by atoms with van der Waals surface area (Å²) in [6.07, 6.45) is 6.53. The van der Waals surface area contributed by atoms with Gasteiger partial charge in [-0.1, -0.05) is 0 Å². The number of amides is 2. The fourth-order valence-corrected chi connectivity index (χ4v) is 3.41. The van der Waals surface area contributed by atoms with E-state index in [9.17, 15) is 9.59 Å². The Balaban J connectivity index is 1.45. The van der Waals surface area contributed by atoms with Crippen LogP contribution in [0.3, 0.4) is 0 Å². The Morgan fingerprint density at radius 1 is 1.22 bits per heavy atom. The van der Waals surface area contributed by atoms with Crippen LogP contribution in [-0.2, 0) is 4.79 Å². The van der Waals surface area contributed by atoms with Gasteiger partial charge in [0.15, 0.2) is 5.76 Å². The molecule has 3 aromatic rings. The molecule has 0 saturated carbocycles. The fraction of sp³-hybridized carbons (Fsp3) is 0.250. The minimum Gasteiger partial charge on any atom is -0.459 e. The monoisotopic (exact) mass is 364 g/mol. The van der Waals surface area contributed by atoms with Crippen LogP contribution >= 0.6 is 0 Å². The van der Waals surface area contributed by atoms with Crippen LogP contribution in [0.25, 0.3) is 5.69 Å². The molecule has 1 N–H and O–H groups in total.